The third kappa shape index (κ3) is 5.88. The van der Waals surface area contributed by atoms with E-state index in [4.69, 9.17) is 16.3 Å². The van der Waals surface area contributed by atoms with Crippen molar-refractivity contribution < 1.29 is 13.9 Å². The summed E-state index contributed by atoms with van der Waals surface area (Å²) >= 11 is 13.1. The topological polar surface area (TPSA) is 50.7 Å². The number of hydrogen-bond donors (Lipinski definition) is 1. The van der Waals surface area contributed by atoms with Crippen LogP contribution in [-0.4, -0.2) is 12.1 Å². The summed E-state index contributed by atoms with van der Waals surface area (Å²) < 4.78 is 20.2. The van der Waals surface area contributed by atoms with Crippen molar-refractivity contribution in [1.82, 2.24) is 5.43 Å². The van der Waals surface area contributed by atoms with E-state index < -0.39 is 11.7 Å². The molecule has 0 spiro atoms. The quantitative estimate of drug-likeness (QED) is 0.293. The first-order chi connectivity index (χ1) is 13.9. The van der Waals surface area contributed by atoms with Crippen LogP contribution in [0.2, 0.25) is 5.02 Å². The van der Waals surface area contributed by atoms with Gasteiger partial charge in [0.05, 0.1) is 15.2 Å². The van der Waals surface area contributed by atoms with Gasteiger partial charge in [-0.2, -0.15) is 5.10 Å². The van der Waals surface area contributed by atoms with Crippen molar-refractivity contribution in [2.45, 2.75) is 6.61 Å². The van der Waals surface area contributed by atoms with Crippen LogP contribution in [0.1, 0.15) is 21.5 Å². The van der Waals surface area contributed by atoms with Gasteiger partial charge in [0.25, 0.3) is 5.91 Å². The van der Waals surface area contributed by atoms with E-state index in [9.17, 15) is 9.18 Å². The van der Waals surface area contributed by atoms with E-state index in [-0.39, 0.29) is 0 Å². The molecule has 0 heterocycles. The van der Waals surface area contributed by atoms with Gasteiger partial charge in [-0.05, 0) is 79.9 Å². The Bertz CT molecular complexity index is 1040. The number of rotatable bonds is 6. The van der Waals surface area contributed by atoms with Crippen LogP contribution in [0.3, 0.4) is 0 Å². The molecule has 0 atom stereocenters. The van der Waals surface area contributed by atoms with Crippen LogP contribution in [0, 0.1) is 5.82 Å². The standard InChI is InChI=1S/C21H14Br2ClFN2O2/c22-17-9-13(11-26-27-21(28)14-5-7-16(25)8-6-14)10-18(23)20(17)29-12-15-3-1-2-4-19(15)24/h1-11H,12H2,(H,27,28)/b26-11-. The van der Waals surface area contributed by atoms with Crippen molar-refractivity contribution >= 4 is 55.6 Å². The Morgan fingerprint density at radius 2 is 1.76 bits per heavy atom. The second-order valence-corrected chi connectivity index (χ2v) is 8.02. The second kappa shape index (κ2) is 10.0. The maximum absolute atomic E-state index is 12.9. The van der Waals surface area contributed by atoms with Crippen LogP contribution in [-0.2, 0) is 6.61 Å². The Morgan fingerprint density at radius 1 is 1.10 bits per heavy atom. The highest BCUT2D eigenvalue weighted by Gasteiger charge is 2.10. The Kier molecular flexibility index (Phi) is 7.41. The zero-order chi connectivity index (χ0) is 20.8. The molecule has 0 fully saturated rings. The average Bonchev–Trinajstić information content (AvgIpc) is 2.69. The summed E-state index contributed by atoms with van der Waals surface area (Å²) in [5.74, 6) is -0.215. The van der Waals surface area contributed by atoms with Crippen LogP contribution in [0.5, 0.6) is 5.75 Å². The summed E-state index contributed by atoms with van der Waals surface area (Å²) in [5, 5.41) is 4.58. The molecule has 3 aromatic carbocycles. The number of hydrazone groups is 1. The lowest BCUT2D eigenvalue weighted by Crippen LogP contribution is -2.17. The monoisotopic (exact) mass is 538 g/mol. The molecule has 0 bridgehead atoms. The number of halogens is 4. The van der Waals surface area contributed by atoms with Crippen molar-refractivity contribution in [3.8, 4) is 5.75 Å². The predicted molar refractivity (Wildman–Crippen MR) is 119 cm³/mol. The number of carbonyl (C=O) groups excluding carboxylic acids is 1. The largest absolute Gasteiger partial charge is 0.486 e. The summed E-state index contributed by atoms with van der Waals surface area (Å²) in [6, 6.07) is 16.3. The number of carbonyl (C=O) groups is 1. The normalized spacial score (nSPS) is 10.9. The summed E-state index contributed by atoms with van der Waals surface area (Å²) in [5.41, 5.74) is 4.33. The molecule has 1 amide bonds. The molecule has 0 saturated heterocycles. The molecule has 0 aliphatic carbocycles. The fourth-order valence-electron chi connectivity index (χ4n) is 2.39. The van der Waals surface area contributed by atoms with E-state index >= 15 is 0 Å². The van der Waals surface area contributed by atoms with Crippen molar-refractivity contribution in [3.63, 3.8) is 0 Å². The molecule has 3 aromatic rings. The van der Waals surface area contributed by atoms with Crippen molar-refractivity contribution in [2.24, 2.45) is 5.10 Å². The fourth-order valence-corrected chi connectivity index (χ4v) is 4.03. The average molecular weight is 541 g/mol. The lowest BCUT2D eigenvalue weighted by atomic mass is 10.2. The van der Waals surface area contributed by atoms with Crippen LogP contribution < -0.4 is 10.2 Å². The van der Waals surface area contributed by atoms with E-state index in [0.717, 1.165) is 11.1 Å². The number of nitrogens with one attached hydrogen (secondary N) is 1. The third-order valence-corrected chi connectivity index (χ3v) is 5.38. The van der Waals surface area contributed by atoms with Crippen molar-refractivity contribution in [2.75, 3.05) is 0 Å². The van der Waals surface area contributed by atoms with E-state index in [2.05, 4.69) is 42.4 Å². The predicted octanol–water partition coefficient (Wildman–Crippen LogP) is 6.35. The smallest absolute Gasteiger partial charge is 0.271 e. The van der Waals surface area contributed by atoms with Gasteiger partial charge in [0, 0.05) is 16.1 Å². The fraction of sp³-hybridized carbons (Fsp3) is 0.0476. The molecule has 0 aromatic heterocycles. The molecule has 8 heteroatoms. The molecule has 4 nitrogen and oxygen atoms in total. The van der Waals surface area contributed by atoms with Gasteiger partial charge in [0.1, 0.15) is 18.2 Å². The zero-order valence-corrected chi connectivity index (χ0v) is 18.8. The molecule has 0 unspecified atom stereocenters. The Hall–Kier alpha value is -2.22. The molecule has 29 heavy (non-hydrogen) atoms. The molecular formula is C21H14Br2ClFN2O2. The van der Waals surface area contributed by atoms with Gasteiger partial charge in [-0.15, -0.1) is 0 Å². The van der Waals surface area contributed by atoms with Gasteiger partial charge in [-0.3, -0.25) is 4.79 Å². The first-order valence-electron chi connectivity index (χ1n) is 8.38. The Labute approximate surface area is 189 Å². The number of benzene rings is 3. The van der Waals surface area contributed by atoms with Gasteiger partial charge in [-0.1, -0.05) is 29.8 Å². The number of nitrogens with zero attached hydrogens (tertiary/aromatic N) is 1. The van der Waals surface area contributed by atoms with E-state index in [1.54, 1.807) is 12.1 Å². The molecular weight excluding hydrogens is 527 g/mol. The number of amides is 1. The molecule has 0 aliphatic heterocycles. The highest BCUT2D eigenvalue weighted by atomic mass is 79.9. The first kappa shape index (κ1) is 21.5. The Balaban J connectivity index is 1.65. The number of hydrogen-bond acceptors (Lipinski definition) is 3. The van der Waals surface area contributed by atoms with Crippen LogP contribution >= 0.6 is 43.5 Å². The van der Waals surface area contributed by atoms with Gasteiger partial charge in [-0.25, -0.2) is 9.82 Å². The van der Waals surface area contributed by atoms with Crippen molar-refractivity contribution in [3.05, 3.63) is 97.1 Å². The first-order valence-corrected chi connectivity index (χ1v) is 10.3. The summed E-state index contributed by atoms with van der Waals surface area (Å²) in [4.78, 5) is 12.0. The minimum absolute atomic E-state index is 0.314. The SMILES string of the molecule is O=C(N/N=C\c1cc(Br)c(OCc2ccccc2Cl)c(Br)c1)c1ccc(F)cc1. The summed E-state index contributed by atoms with van der Waals surface area (Å²) in [7, 11) is 0. The van der Waals surface area contributed by atoms with E-state index in [1.165, 1.54) is 30.5 Å². The minimum Gasteiger partial charge on any atom is -0.486 e. The lowest BCUT2D eigenvalue weighted by molar-refractivity contribution is 0.0955. The third-order valence-electron chi connectivity index (χ3n) is 3.84. The molecule has 0 radical (unpaired) electrons. The summed E-state index contributed by atoms with van der Waals surface area (Å²) in [6.45, 7) is 0.317. The van der Waals surface area contributed by atoms with Gasteiger partial charge in [0.15, 0.2) is 0 Å². The maximum atomic E-state index is 12.9. The second-order valence-electron chi connectivity index (χ2n) is 5.90. The highest BCUT2D eigenvalue weighted by Crippen LogP contribution is 2.35. The van der Waals surface area contributed by atoms with E-state index in [0.29, 0.717) is 31.9 Å². The van der Waals surface area contributed by atoms with Crippen molar-refractivity contribution in [1.29, 1.82) is 0 Å². The van der Waals surface area contributed by atoms with Crippen LogP contribution in [0.25, 0.3) is 0 Å². The number of ether oxygens (including phenoxy) is 1. The van der Waals surface area contributed by atoms with Gasteiger partial charge < -0.3 is 4.74 Å². The Morgan fingerprint density at radius 3 is 2.41 bits per heavy atom. The van der Waals surface area contributed by atoms with E-state index in [1.807, 2.05) is 24.3 Å². The molecule has 0 saturated carbocycles. The van der Waals surface area contributed by atoms with Crippen LogP contribution in [0.4, 0.5) is 4.39 Å². The zero-order valence-electron chi connectivity index (χ0n) is 14.8. The minimum atomic E-state index is -0.431. The maximum Gasteiger partial charge on any atom is 0.271 e. The molecule has 0 aliphatic rings. The summed E-state index contributed by atoms with van der Waals surface area (Å²) in [6.07, 6.45) is 1.49. The molecule has 3 rings (SSSR count). The molecule has 148 valence electrons. The van der Waals surface area contributed by atoms with Gasteiger partial charge >= 0.3 is 0 Å². The van der Waals surface area contributed by atoms with Crippen LogP contribution in [0.15, 0.2) is 74.7 Å². The van der Waals surface area contributed by atoms with Gasteiger partial charge in [0.2, 0.25) is 0 Å². The lowest BCUT2D eigenvalue weighted by Gasteiger charge is -2.12. The highest BCUT2D eigenvalue weighted by molar-refractivity contribution is 9.11. The molecule has 1 N–H and O–H groups in total.